The molecule has 0 unspecified atom stereocenters. The number of aryl methyl sites for hydroxylation is 1. The van der Waals surface area contributed by atoms with Gasteiger partial charge < -0.3 is 20.1 Å². The number of carbonyl (C=O) groups excluding carboxylic acids is 1. The SMILES string of the molecule is Cc1ccccc1CNC(=O)c1cc(Nc2ccc3c(c2)OCO3)ncn1. The Morgan fingerprint density at radius 3 is 2.81 bits per heavy atom. The van der Waals surface area contributed by atoms with Crippen LogP contribution in [0, 0.1) is 6.92 Å². The fourth-order valence-corrected chi connectivity index (χ4v) is 2.75. The minimum Gasteiger partial charge on any atom is -0.454 e. The van der Waals surface area contributed by atoms with Crippen molar-refractivity contribution in [3.05, 3.63) is 71.7 Å². The van der Waals surface area contributed by atoms with Crippen molar-refractivity contribution in [2.24, 2.45) is 0 Å². The first kappa shape index (κ1) is 16.8. The molecule has 0 radical (unpaired) electrons. The van der Waals surface area contributed by atoms with E-state index in [9.17, 15) is 4.79 Å². The molecule has 0 saturated carbocycles. The average Bonchev–Trinajstić information content (AvgIpc) is 3.15. The van der Waals surface area contributed by atoms with E-state index in [0.29, 0.717) is 29.6 Å². The van der Waals surface area contributed by atoms with Crippen LogP contribution >= 0.6 is 0 Å². The summed E-state index contributed by atoms with van der Waals surface area (Å²) in [5.41, 5.74) is 3.27. The van der Waals surface area contributed by atoms with Gasteiger partial charge in [0.2, 0.25) is 6.79 Å². The number of nitrogens with one attached hydrogen (secondary N) is 2. The van der Waals surface area contributed by atoms with Gasteiger partial charge in [0.05, 0.1) is 0 Å². The second-order valence-electron chi connectivity index (χ2n) is 6.09. The summed E-state index contributed by atoms with van der Waals surface area (Å²) in [7, 11) is 0. The number of hydrogen-bond donors (Lipinski definition) is 2. The molecule has 1 aliphatic heterocycles. The molecular formula is C20H18N4O3. The highest BCUT2D eigenvalue weighted by molar-refractivity contribution is 5.93. The molecule has 4 rings (SSSR count). The molecule has 0 saturated heterocycles. The van der Waals surface area contributed by atoms with Crippen LogP contribution in [0.25, 0.3) is 0 Å². The summed E-state index contributed by atoms with van der Waals surface area (Å²) in [5.74, 6) is 1.64. The number of hydrogen-bond acceptors (Lipinski definition) is 6. The highest BCUT2D eigenvalue weighted by atomic mass is 16.7. The second-order valence-corrected chi connectivity index (χ2v) is 6.09. The summed E-state index contributed by atoms with van der Waals surface area (Å²) in [5, 5.41) is 6.03. The van der Waals surface area contributed by atoms with Gasteiger partial charge in [-0.05, 0) is 30.2 Å². The van der Waals surface area contributed by atoms with Gasteiger partial charge in [-0.15, -0.1) is 0 Å². The predicted octanol–water partition coefficient (Wildman–Crippen LogP) is 3.19. The first-order valence-corrected chi connectivity index (χ1v) is 8.50. The fourth-order valence-electron chi connectivity index (χ4n) is 2.75. The van der Waals surface area contributed by atoms with Crippen LogP contribution in [0.3, 0.4) is 0 Å². The second kappa shape index (κ2) is 7.33. The Hall–Kier alpha value is -3.61. The molecule has 0 fully saturated rings. The molecule has 0 aliphatic carbocycles. The standard InChI is InChI=1S/C20H18N4O3/c1-13-4-2-3-5-14(13)10-21-20(25)16-9-19(23-11-22-16)24-15-6-7-17-18(8-15)27-12-26-17/h2-9,11H,10,12H2,1H3,(H,21,25)(H,22,23,24). The molecule has 7 heteroatoms. The van der Waals surface area contributed by atoms with E-state index in [1.54, 1.807) is 6.07 Å². The summed E-state index contributed by atoms with van der Waals surface area (Å²) >= 11 is 0. The summed E-state index contributed by atoms with van der Waals surface area (Å²) in [6.07, 6.45) is 1.36. The Bertz CT molecular complexity index is 990. The minimum absolute atomic E-state index is 0.220. The van der Waals surface area contributed by atoms with Crippen molar-refractivity contribution in [2.45, 2.75) is 13.5 Å². The van der Waals surface area contributed by atoms with Crippen molar-refractivity contribution in [3.63, 3.8) is 0 Å². The van der Waals surface area contributed by atoms with Crippen LogP contribution in [0.4, 0.5) is 11.5 Å². The maximum absolute atomic E-state index is 12.4. The molecule has 3 aromatic rings. The van der Waals surface area contributed by atoms with Gasteiger partial charge >= 0.3 is 0 Å². The molecule has 27 heavy (non-hydrogen) atoms. The monoisotopic (exact) mass is 362 g/mol. The van der Waals surface area contributed by atoms with E-state index in [1.807, 2.05) is 49.4 Å². The normalized spacial score (nSPS) is 11.9. The van der Waals surface area contributed by atoms with E-state index >= 15 is 0 Å². The van der Waals surface area contributed by atoms with Gasteiger partial charge in [0.1, 0.15) is 17.8 Å². The molecular weight excluding hydrogens is 344 g/mol. The predicted molar refractivity (Wildman–Crippen MR) is 100 cm³/mol. The third kappa shape index (κ3) is 3.82. The molecule has 1 aliphatic rings. The van der Waals surface area contributed by atoms with Crippen LogP contribution in [0.2, 0.25) is 0 Å². The number of aromatic nitrogens is 2. The third-order valence-corrected chi connectivity index (χ3v) is 4.25. The zero-order valence-electron chi connectivity index (χ0n) is 14.7. The summed E-state index contributed by atoms with van der Waals surface area (Å²) in [6.45, 7) is 2.68. The number of fused-ring (bicyclic) bond motifs is 1. The van der Waals surface area contributed by atoms with E-state index in [2.05, 4.69) is 20.6 Å². The van der Waals surface area contributed by atoms with Gasteiger partial charge in [-0.25, -0.2) is 9.97 Å². The van der Waals surface area contributed by atoms with Crippen LogP contribution in [-0.2, 0) is 6.54 Å². The summed E-state index contributed by atoms with van der Waals surface area (Å²) < 4.78 is 10.7. The molecule has 2 heterocycles. The molecule has 136 valence electrons. The third-order valence-electron chi connectivity index (χ3n) is 4.25. The highest BCUT2D eigenvalue weighted by Crippen LogP contribution is 2.34. The van der Waals surface area contributed by atoms with Crippen LogP contribution in [0.1, 0.15) is 21.6 Å². The largest absolute Gasteiger partial charge is 0.454 e. The van der Waals surface area contributed by atoms with Gasteiger partial charge in [-0.1, -0.05) is 24.3 Å². The molecule has 0 atom stereocenters. The van der Waals surface area contributed by atoms with Crippen LogP contribution < -0.4 is 20.1 Å². The lowest BCUT2D eigenvalue weighted by atomic mass is 10.1. The van der Waals surface area contributed by atoms with E-state index in [-0.39, 0.29) is 12.7 Å². The highest BCUT2D eigenvalue weighted by Gasteiger charge is 2.14. The molecule has 1 amide bonds. The lowest BCUT2D eigenvalue weighted by Crippen LogP contribution is -2.24. The Kier molecular flexibility index (Phi) is 4.57. The zero-order chi connectivity index (χ0) is 18.6. The molecule has 2 aromatic carbocycles. The lowest BCUT2D eigenvalue weighted by molar-refractivity contribution is 0.0945. The quantitative estimate of drug-likeness (QED) is 0.725. The van der Waals surface area contributed by atoms with E-state index in [4.69, 9.17) is 9.47 Å². The van der Waals surface area contributed by atoms with Crippen molar-refractivity contribution in [3.8, 4) is 11.5 Å². The van der Waals surface area contributed by atoms with Crippen molar-refractivity contribution in [1.82, 2.24) is 15.3 Å². The minimum atomic E-state index is -0.255. The summed E-state index contributed by atoms with van der Waals surface area (Å²) in [4.78, 5) is 20.7. The maximum Gasteiger partial charge on any atom is 0.270 e. The Balaban J connectivity index is 1.44. The molecule has 2 N–H and O–H groups in total. The summed E-state index contributed by atoms with van der Waals surface area (Å²) in [6, 6.07) is 15.0. The number of nitrogens with zero attached hydrogens (tertiary/aromatic N) is 2. The van der Waals surface area contributed by atoms with E-state index in [1.165, 1.54) is 6.33 Å². The van der Waals surface area contributed by atoms with Crippen LogP contribution in [0.5, 0.6) is 11.5 Å². The topological polar surface area (TPSA) is 85.4 Å². The number of benzene rings is 2. The van der Waals surface area contributed by atoms with Crippen LogP contribution in [0.15, 0.2) is 54.9 Å². The van der Waals surface area contributed by atoms with E-state index in [0.717, 1.165) is 16.8 Å². The van der Waals surface area contributed by atoms with Crippen molar-refractivity contribution in [2.75, 3.05) is 12.1 Å². The van der Waals surface area contributed by atoms with Crippen LogP contribution in [-0.4, -0.2) is 22.7 Å². The molecule has 7 nitrogen and oxygen atoms in total. The van der Waals surface area contributed by atoms with Gasteiger partial charge in [0.25, 0.3) is 5.91 Å². The molecule has 0 spiro atoms. The Morgan fingerprint density at radius 2 is 1.93 bits per heavy atom. The Morgan fingerprint density at radius 1 is 1.07 bits per heavy atom. The van der Waals surface area contributed by atoms with Gasteiger partial charge in [-0.2, -0.15) is 0 Å². The average molecular weight is 362 g/mol. The first-order valence-electron chi connectivity index (χ1n) is 8.50. The number of anilines is 2. The molecule has 0 bridgehead atoms. The first-order chi connectivity index (χ1) is 13.2. The number of ether oxygens (including phenoxy) is 2. The number of rotatable bonds is 5. The van der Waals surface area contributed by atoms with Crippen molar-refractivity contribution < 1.29 is 14.3 Å². The smallest absolute Gasteiger partial charge is 0.270 e. The van der Waals surface area contributed by atoms with Crippen molar-refractivity contribution >= 4 is 17.4 Å². The number of amides is 1. The Labute approximate surface area is 156 Å². The maximum atomic E-state index is 12.4. The van der Waals surface area contributed by atoms with E-state index < -0.39 is 0 Å². The van der Waals surface area contributed by atoms with Gasteiger partial charge in [0.15, 0.2) is 11.5 Å². The van der Waals surface area contributed by atoms with Gasteiger partial charge in [0, 0.05) is 24.4 Å². The molecule has 1 aromatic heterocycles. The van der Waals surface area contributed by atoms with Gasteiger partial charge in [-0.3, -0.25) is 4.79 Å². The van der Waals surface area contributed by atoms with Crippen molar-refractivity contribution in [1.29, 1.82) is 0 Å². The zero-order valence-corrected chi connectivity index (χ0v) is 14.7. The fraction of sp³-hybridized carbons (Fsp3) is 0.150. The number of carbonyl (C=O) groups is 1. The lowest BCUT2D eigenvalue weighted by Gasteiger charge is -2.09.